The SMILES string of the molecule is C=C(C)CN1C(=O)NC(CC)(C2CCN(CC(C)c3ccccc3)CC2)C1=O. The Hall–Kier alpha value is -2.14. The Balaban J connectivity index is 1.62. The molecular weight excluding hydrogens is 350 g/mol. The summed E-state index contributed by atoms with van der Waals surface area (Å²) in [4.78, 5) is 29.4. The standard InChI is InChI=1S/C23H33N3O2/c1-5-23(21(27)26(15-17(2)3)22(28)24-23)20-11-13-25(14-12-20)16-18(4)19-9-7-6-8-10-19/h6-10,18,20H,2,5,11-16H2,1,3-4H3,(H,24,28). The monoisotopic (exact) mass is 383 g/mol. The topological polar surface area (TPSA) is 52.7 Å². The first-order valence-corrected chi connectivity index (χ1v) is 10.4. The van der Waals surface area contributed by atoms with Crippen molar-refractivity contribution in [3.63, 3.8) is 0 Å². The van der Waals surface area contributed by atoms with E-state index < -0.39 is 5.54 Å². The number of urea groups is 1. The number of likely N-dealkylation sites (tertiary alicyclic amines) is 1. The summed E-state index contributed by atoms with van der Waals surface area (Å²) in [6, 6.07) is 10.3. The van der Waals surface area contributed by atoms with Crippen LogP contribution < -0.4 is 5.32 Å². The third-order valence-corrected chi connectivity index (χ3v) is 6.37. The summed E-state index contributed by atoms with van der Waals surface area (Å²) in [7, 11) is 0. The summed E-state index contributed by atoms with van der Waals surface area (Å²) < 4.78 is 0. The highest BCUT2D eigenvalue weighted by Crippen LogP contribution is 2.36. The molecule has 2 aliphatic heterocycles. The molecule has 0 bridgehead atoms. The van der Waals surface area contributed by atoms with E-state index in [1.807, 2.05) is 13.8 Å². The van der Waals surface area contributed by atoms with E-state index in [1.54, 1.807) is 0 Å². The van der Waals surface area contributed by atoms with Gasteiger partial charge in [0.25, 0.3) is 5.91 Å². The number of carbonyl (C=O) groups is 2. The smallest absolute Gasteiger partial charge is 0.323 e. The predicted molar refractivity (Wildman–Crippen MR) is 112 cm³/mol. The van der Waals surface area contributed by atoms with Gasteiger partial charge >= 0.3 is 6.03 Å². The largest absolute Gasteiger partial charge is 0.325 e. The number of nitrogens with zero attached hydrogens (tertiary/aromatic N) is 2. The molecule has 3 amide bonds. The summed E-state index contributed by atoms with van der Waals surface area (Å²) in [5.74, 6) is 0.600. The first-order valence-electron chi connectivity index (χ1n) is 10.4. The number of piperidine rings is 1. The second kappa shape index (κ2) is 8.48. The maximum absolute atomic E-state index is 13.1. The highest BCUT2D eigenvalue weighted by Gasteiger charge is 2.54. The third-order valence-electron chi connectivity index (χ3n) is 6.37. The molecule has 5 heteroatoms. The molecule has 0 aromatic heterocycles. The highest BCUT2D eigenvalue weighted by atomic mass is 16.2. The molecule has 2 unspecified atom stereocenters. The summed E-state index contributed by atoms with van der Waals surface area (Å²) in [6.45, 7) is 13.2. The van der Waals surface area contributed by atoms with Crippen molar-refractivity contribution in [2.45, 2.75) is 51.5 Å². The number of hydrogen-bond acceptors (Lipinski definition) is 3. The van der Waals surface area contributed by atoms with E-state index in [4.69, 9.17) is 0 Å². The van der Waals surface area contributed by atoms with E-state index in [0.29, 0.717) is 18.9 Å². The first-order chi connectivity index (χ1) is 13.4. The van der Waals surface area contributed by atoms with Gasteiger partial charge in [0.1, 0.15) is 5.54 Å². The number of imide groups is 1. The number of hydrogen-bond donors (Lipinski definition) is 1. The molecule has 152 valence electrons. The van der Waals surface area contributed by atoms with E-state index in [9.17, 15) is 9.59 Å². The molecule has 0 spiro atoms. The summed E-state index contributed by atoms with van der Waals surface area (Å²) in [5, 5.41) is 3.05. The van der Waals surface area contributed by atoms with Crippen LogP contribution in [0.4, 0.5) is 4.79 Å². The minimum absolute atomic E-state index is 0.0703. The Labute approximate surface area is 168 Å². The van der Waals surface area contributed by atoms with Crippen LogP contribution in [0.5, 0.6) is 0 Å². The van der Waals surface area contributed by atoms with Crippen molar-refractivity contribution in [1.82, 2.24) is 15.1 Å². The molecule has 1 aromatic carbocycles. The van der Waals surface area contributed by atoms with E-state index >= 15 is 0 Å². The molecule has 2 saturated heterocycles. The van der Waals surface area contributed by atoms with Crippen LogP contribution in [-0.2, 0) is 4.79 Å². The van der Waals surface area contributed by atoms with Crippen LogP contribution in [0.3, 0.4) is 0 Å². The van der Waals surface area contributed by atoms with Gasteiger partial charge in [0.05, 0.1) is 6.54 Å². The minimum Gasteiger partial charge on any atom is -0.323 e. The average molecular weight is 384 g/mol. The Morgan fingerprint density at radius 2 is 1.89 bits per heavy atom. The van der Waals surface area contributed by atoms with E-state index in [0.717, 1.165) is 38.0 Å². The van der Waals surface area contributed by atoms with Crippen molar-refractivity contribution in [2.24, 2.45) is 5.92 Å². The number of amides is 3. The van der Waals surface area contributed by atoms with E-state index in [-0.39, 0.29) is 17.9 Å². The van der Waals surface area contributed by atoms with Gasteiger partial charge in [0, 0.05) is 6.54 Å². The fraction of sp³-hybridized carbons (Fsp3) is 0.565. The lowest BCUT2D eigenvalue weighted by Gasteiger charge is -2.41. The molecule has 1 aromatic rings. The molecule has 2 heterocycles. The van der Waals surface area contributed by atoms with Gasteiger partial charge < -0.3 is 10.2 Å². The van der Waals surface area contributed by atoms with Crippen molar-refractivity contribution in [3.8, 4) is 0 Å². The van der Waals surface area contributed by atoms with Gasteiger partial charge in [0.2, 0.25) is 0 Å². The zero-order valence-electron chi connectivity index (χ0n) is 17.4. The predicted octanol–water partition coefficient (Wildman–Crippen LogP) is 3.78. The molecule has 1 N–H and O–H groups in total. The number of benzene rings is 1. The number of carbonyl (C=O) groups excluding carboxylic acids is 2. The maximum Gasteiger partial charge on any atom is 0.325 e. The lowest BCUT2D eigenvalue weighted by atomic mass is 9.75. The lowest BCUT2D eigenvalue weighted by molar-refractivity contribution is -0.133. The Bertz CT molecular complexity index is 725. The molecule has 0 saturated carbocycles. The fourth-order valence-corrected chi connectivity index (χ4v) is 4.75. The Morgan fingerprint density at radius 1 is 1.25 bits per heavy atom. The van der Waals surface area contributed by atoms with Gasteiger partial charge in [-0.05, 0) is 56.7 Å². The zero-order valence-corrected chi connectivity index (χ0v) is 17.4. The third kappa shape index (κ3) is 4.00. The Morgan fingerprint density at radius 3 is 2.46 bits per heavy atom. The van der Waals surface area contributed by atoms with Crippen LogP contribution >= 0.6 is 0 Å². The van der Waals surface area contributed by atoms with Crippen LogP contribution in [0.1, 0.15) is 51.5 Å². The van der Waals surface area contributed by atoms with Gasteiger partial charge in [-0.15, -0.1) is 0 Å². The van der Waals surface area contributed by atoms with Gasteiger partial charge in [0.15, 0.2) is 0 Å². The van der Waals surface area contributed by atoms with Crippen LogP contribution in [0.25, 0.3) is 0 Å². The molecule has 3 rings (SSSR count). The summed E-state index contributed by atoms with van der Waals surface area (Å²) >= 11 is 0. The van der Waals surface area contributed by atoms with Gasteiger partial charge in [-0.25, -0.2) is 4.79 Å². The van der Waals surface area contributed by atoms with Crippen molar-refractivity contribution in [3.05, 3.63) is 48.0 Å². The average Bonchev–Trinajstić information content (AvgIpc) is 2.94. The lowest BCUT2D eigenvalue weighted by Crippen LogP contribution is -2.56. The molecule has 5 nitrogen and oxygen atoms in total. The second-order valence-electron chi connectivity index (χ2n) is 8.49. The van der Waals surface area contributed by atoms with Crippen LogP contribution in [0, 0.1) is 5.92 Å². The molecule has 2 atom stereocenters. The van der Waals surface area contributed by atoms with Gasteiger partial charge in [-0.3, -0.25) is 9.69 Å². The zero-order chi connectivity index (χ0) is 20.3. The molecule has 2 aliphatic rings. The van der Waals surface area contributed by atoms with Crippen molar-refractivity contribution in [1.29, 1.82) is 0 Å². The summed E-state index contributed by atoms with van der Waals surface area (Å²) in [5.41, 5.74) is 1.44. The van der Waals surface area contributed by atoms with Crippen molar-refractivity contribution >= 4 is 11.9 Å². The first kappa shape index (κ1) is 20.6. The van der Waals surface area contributed by atoms with Gasteiger partial charge in [-0.2, -0.15) is 0 Å². The molecule has 28 heavy (non-hydrogen) atoms. The van der Waals surface area contributed by atoms with Crippen molar-refractivity contribution < 1.29 is 9.59 Å². The maximum atomic E-state index is 13.1. The van der Waals surface area contributed by atoms with Gasteiger partial charge in [-0.1, -0.05) is 56.3 Å². The molecule has 0 radical (unpaired) electrons. The summed E-state index contributed by atoms with van der Waals surface area (Å²) in [6.07, 6.45) is 2.50. The minimum atomic E-state index is -0.746. The van der Waals surface area contributed by atoms with Crippen molar-refractivity contribution in [2.75, 3.05) is 26.2 Å². The quantitative estimate of drug-likeness (QED) is 0.576. The number of nitrogens with one attached hydrogen (secondary N) is 1. The highest BCUT2D eigenvalue weighted by molar-refractivity contribution is 6.07. The van der Waals surface area contributed by atoms with E-state index in [2.05, 4.69) is 54.1 Å². The molecular formula is C23H33N3O2. The van der Waals surface area contributed by atoms with Crippen LogP contribution in [-0.4, -0.2) is 53.5 Å². The molecule has 2 fully saturated rings. The van der Waals surface area contributed by atoms with Crippen LogP contribution in [0.15, 0.2) is 42.5 Å². The molecule has 0 aliphatic carbocycles. The van der Waals surface area contributed by atoms with E-state index in [1.165, 1.54) is 10.5 Å². The second-order valence-corrected chi connectivity index (χ2v) is 8.49. The van der Waals surface area contributed by atoms with Crippen LogP contribution in [0.2, 0.25) is 0 Å². The fourth-order valence-electron chi connectivity index (χ4n) is 4.75. The Kier molecular flexibility index (Phi) is 6.23. The number of rotatable bonds is 7. The normalized spacial score (nSPS) is 25.0.